The number of amides is 1. The predicted octanol–water partition coefficient (Wildman–Crippen LogP) is 2.62. The van der Waals surface area contributed by atoms with E-state index in [4.69, 9.17) is 0 Å². The first kappa shape index (κ1) is 17.1. The fourth-order valence-corrected chi connectivity index (χ4v) is 3.55. The molecule has 1 aliphatic rings. The van der Waals surface area contributed by atoms with Crippen molar-refractivity contribution in [2.45, 2.75) is 31.0 Å². The van der Waals surface area contributed by atoms with Crippen molar-refractivity contribution in [1.82, 2.24) is 5.32 Å². The molecule has 0 bridgehead atoms. The zero-order valence-electron chi connectivity index (χ0n) is 11.9. The van der Waals surface area contributed by atoms with Gasteiger partial charge >= 0.3 is 6.18 Å². The van der Waals surface area contributed by atoms with Crippen LogP contribution in [-0.4, -0.2) is 34.7 Å². The van der Waals surface area contributed by atoms with E-state index in [1.807, 2.05) is 0 Å². The number of carbonyl (C=O) groups is 1. The molecule has 0 unspecified atom stereocenters. The quantitative estimate of drug-likeness (QED) is 0.890. The van der Waals surface area contributed by atoms with E-state index < -0.39 is 17.3 Å². The molecule has 1 fully saturated rings. The Kier molecular flexibility index (Phi) is 5.39. The summed E-state index contributed by atoms with van der Waals surface area (Å²) in [7, 11) is 0. The van der Waals surface area contributed by atoms with Crippen LogP contribution in [0.15, 0.2) is 24.3 Å². The number of alkyl halides is 3. The van der Waals surface area contributed by atoms with E-state index in [0.29, 0.717) is 18.4 Å². The average molecular weight is 333 g/mol. The van der Waals surface area contributed by atoms with E-state index in [-0.39, 0.29) is 18.9 Å². The van der Waals surface area contributed by atoms with E-state index in [2.05, 4.69) is 5.32 Å². The number of thioether (sulfide) groups is 1. The van der Waals surface area contributed by atoms with Crippen molar-refractivity contribution in [3.8, 4) is 0 Å². The molecular weight excluding hydrogens is 315 g/mol. The largest absolute Gasteiger partial charge is 0.416 e. The maximum Gasteiger partial charge on any atom is 0.416 e. The summed E-state index contributed by atoms with van der Waals surface area (Å²) in [5.41, 5.74) is -1.35. The first-order chi connectivity index (χ1) is 10.3. The van der Waals surface area contributed by atoms with E-state index in [0.717, 1.165) is 23.6 Å². The molecule has 2 N–H and O–H groups in total. The SMILES string of the molecule is O=C(Cc1cccc(C(F)(F)F)c1)NCC1(O)CCSCC1. The van der Waals surface area contributed by atoms with Crippen molar-refractivity contribution in [3.63, 3.8) is 0 Å². The fourth-order valence-electron chi connectivity index (χ4n) is 2.30. The number of aliphatic hydroxyl groups is 1. The summed E-state index contributed by atoms with van der Waals surface area (Å²) in [5.74, 6) is 1.31. The van der Waals surface area contributed by atoms with E-state index in [1.54, 1.807) is 11.8 Å². The second-order valence-electron chi connectivity index (χ2n) is 5.49. The molecule has 0 atom stereocenters. The molecule has 0 spiro atoms. The van der Waals surface area contributed by atoms with Gasteiger partial charge in [-0.25, -0.2) is 0 Å². The van der Waals surface area contributed by atoms with Crippen LogP contribution in [0, 0.1) is 0 Å². The topological polar surface area (TPSA) is 49.3 Å². The van der Waals surface area contributed by atoms with E-state index >= 15 is 0 Å². The number of hydrogen-bond donors (Lipinski definition) is 2. The second-order valence-corrected chi connectivity index (χ2v) is 6.71. The Bertz CT molecular complexity index is 528. The lowest BCUT2D eigenvalue weighted by Crippen LogP contribution is -2.45. The van der Waals surface area contributed by atoms with Gasteiger partial charge in [-0.2, -0.15) is 24.9 Å². The first-order valence-corrected chi connectivity index (χ1v) is 8.17. The van der Waals surface area contributed by atoms with Gasteiger partial charge in [-0.15, -0.1) is 0 Å². The molecule has 0 aromatic heterocycles. The van der Waals surface area contributed by atoms with Crippen LogP contribution in [0.25, 0.3) is 0 Å². The van der Waals surface area contributed by atoms with Gasteiger partial charge in [0.2, 0.25) is 5.91 Å². The number of carbonyl (C=O) groups excluding carboxylic acids is 1. The second kappa shape index (κ2) is 6.91. The third-order valence-electron chi connectivity index (χ3n) is 3.66. The maximum absolute atomic E-state index is 12.6. The highest BCUT2D eigenvalue weighted by Gasteiger charge is 2.31. The molecule has 7 heteroatoms. The number of benzene rings is 1. The van der Waals surface area contributed by atoms with Gasteiger partial charge in [-0.05, 0) is 36.0 Å². The molecule has 2 rings (SSSR count). The van der Waals surface area contributed by atoms with Crippen molar-refractivity contribution in [3.05, 3.63) is 35.4 Å². The molecule has 1 aromatic carbocycles. The average Bonchev–Trinajstić information content (AvgIpc) is 2.46. The summed E-state index contributed by atoms with van der Waals surface area (Å²) in [6.07, 6.45) is -3.32. The molecule has 1 aromatic rings. The van der Waals surface area contributed by atoms with Crippen LogP contribution in [-0.2, 0) is 17.4 Å². The molecule has 3 nitrogen and oxygen atoms in total. The minimum Gasteiger partial charge on any atom is -0.388 e. The number of nitrogens with one attached hydrogen (secondary N) is 1. The minimum absolute atomic E-state index is 0.130. The van der Waals surface area contributed by atoms with Gasteiger partial charge in [0.1, 0.15) is 0 Å². The Morgan fingerprint density at radius 2 is 2.00 bits per heavy atom. The van der Waals surface area contributed by atoms with Crippen LogP contribution in [0.2, 0.25) is 0 Å². The highest BCUT2D eigenvalue weighted by molar-refractivity contribution is 7.99. The Hall–Kier alpha value is -1.21. The molecule has 0 aliphatic carbocycles. The maximum atomic E-state index is 12.6. The summed E-state index contributed by atoms with van der Waals surface area (Å²) in [6, 6.07) is 4.73. The number of rotatable bonds is 4. The van der Waals surface area contributed by atoms with Crippen LogP contribution >= 0.6 is 11.8 Å². The van der Waals surface area contributed by atoms with Crippen molar-refractivity contribution in [2.75, 3.05) is 18.1 Å². The zero-order valence-corrected chi connectivity index (χ0v) is 12.8. The fraction of sp³-hybridized carbons (Fsp3) is 0.533. The van der Waals surface area contributed by atoms with E-state index in [1.165, 1.54) is 12.1 Å². The van der Waals surface area contributed by atoms with Gasteiger partial charge in [0, 0.05) is 6.54 Å². The summed E-state index contributed by atoms with van der Waals surface area (Å²) in [6.45, 7) is 0.144. The smallest absolute Gasteiger partial charge is 0.388 e. The van der Waals surface area contributed by atoms with Gasteiger partial charge in [0.05, 0.1) is 17.6 Å². The monoisotopic (exact) mass is 333 g/mol. The summed E-state index contributed by atoms with van der Waals surface area (Å²) in [4.78, 5) is 11.8. The predicted molar refractivity (Wildman–Crippen MR) is 79.7 cm³/mol. The van der Waals surface area contributed by atoms with Gasteiger partial charge in [0.15, 0.2) is 0 Å². The van der Waals surface area contributed by atoms with Gasteiger partial charge in [-0.3, -0.25) is 4.79 Å². The summed E-state index contributed by atoms with van der Waals surface area (Å²) in [5, 5.41) is 12.9. The van der Waals surface area contributed by atoms with Gasteiger partial charge in [-0.1, -0.05) is 18.2 Å². The van der Waals surface area contributed by atoms with Crippen LogP contribution in [0.3, 0.4) is 0 Å². The van der Waals surface area contributed by atoms with E-state index in [9.17, 15) is 23.1 Å². The first-order valence-electron chi connectivity index (χ1n) is 7.01. The van der Waals surface area contributed by atoms with Gasteiger partial charge in [0.25, 0.3) is 0 Å². The molecule has 0 radical (unpaired) electrons. The van der Waals surface area contributed by atoms with Crippen molar-refractivity contribution >= 4 is 17.7 Å². The zero-order chi connectivity index (χ0) is 16.2. The lowest BCUT2D eigenvalue weighted by atomic mass is 9.97. The Balaban J connectivity index is 1.89. The standard InChI is InChI=1S/C15H18F3NO2S/c16-15(17,18)12-3-1-2-11(8-12)9-13(20)19-10-14(21)4-6-22-7-5-14/h1-3,8,21H,4-7,9-10H2,(H,19,20). The normalized spacial score (nSPS) is 18.0. The summed E-state index contributed by atoms with van der Waals surface area (Å²) < 4.78 is 37.8. The third kappa shape index (κ3) is 4.91. The molecule has 1 heterocycles. The van der Waals surface area contributed by atoms with Crippen molar-refractivity contribution < 1.29 is 23.1 Å². The van der Waals surface area contributed by atoms with Crippen LogP contribution in [0.5, 0.6) is 0 Å². The Morgan fingerprint density at radius 3 is 2.64 bits per heavy atom. The molecular formula is C15H18F3NO2S. The van der Waals surface area contributed by atoms with Crippen LogP contribution in [0.1, 0.15) is 24.0 Å². The molecule has 1 aliphatic heterocycles. The minimum atomic E-state index is -4.42. The number of hydrogen-bond acceptors (Lipinski definition) is 3. The Morgan fingerprint density at radius 1 is 1.32 bits per heavy atom. The molecule has 22 heavy (non-hydrogen) atoms. The van der Waals surface area contributed by atoms with Crippen molar-refractivity contribution in [2.24, 2.45) is 0 Å². The van der Waals surface area contributed by atoms with Crippen LogP contribution in [0.4, 0.5) is 13.2 Å². The van der Waals surface area contributed by atoms with Gasteiger partial charge < -0.3 is 10.4 Å². The molecule has 122 valence electrons. The molecule has 1 amide bonds. The third-order valence-corrected chi connectivity index (χ3v) is 4.64. The Labute approximate surface area is 131 Å². The lowest BCUT2D eigenvalue weighted by Gasteiger charge is -2.31. The highest BCUT2D eigenvalue weighted by atomic mass is 32.2. The lowest BCUT2D eigenvalue weighted by molar-refractivity contribution is -0.137. The number of halogens is 3. The molecule has 1 saturated heterocycles. The highest BCUT2D eigenvalue weighted by Crippen LogP contribution is 2.29. The molecule has 0 saturated carbocycles. The summed E-state index contributed by atoms with van der Waals surface area (Å²) >= 11 is 1.76. The van der Waals surface area contributed by atoms with Crippen molar-refractivity contribution in [1.29, 1.82) is 0 Å². The van der Waals surface area contributed by atoms with Crippen LogP contribution < -0.4 is 5.32 Å².